The topological polar surface area (TPSA) is 64.3 Å². The number of ether oxygens (including phenoxy) is 1. The van der Waals surface area contributed by atoms with Crippen LogP contribution in [-0.4, -0.2) is 41.2 Å². The predicted octanol–water partition coefficient (Wildman–Crippen LogP) is 1.49. The molecule has 1 saturated heterocycles. The lowest BCUT2D eigenvalue weighted by Gasteiger charge is -2.14. The van der Waals surface area contributed by atoms with E-state index in [1.807, 2.05) is 11.4 Å². The zero-order valence-corrected chi connectivity index (χ0v) is 11.1. The molecule has 1 unspecified atom stereocenters. The highest BCUT2D eigenvalue weighted by Gasteiger charge is 2.22. The molecule has 0 bridgehead atoms. The first-order valence-electron chi connectivity index (χ1n) is 6.01. The largest absolute Gasteiger partial charge is 0.383 e. The minimum absolute atomic E-state index is 0.341. The highest BCUT2D eigenvalue weighted by Crippen LogP contribution is 2.23. The molecular formula is C12H16N4OS. The number of thiophene rings is 1. The second-order valence-electron chi connectivity index (χ2n) is 4.55. The third-order valence-corrected chi connectivity index (χ3v) is 4.13. The lowest BCUT2D eigenvalue weighted by atomic mass is 10.3. The number of anilines is 1. The minimum Gasteiger partial charge on any atom is -0.383 e. The van der Waals surface area contributed by atoms with Crippen LogP contribution in [0.15, 0.2) is 11.4 Å². The molecule has 0 aromatic carbocycles. The van der Waals surface area contributed by atoms with Crippen molar-refractivity contribution >= 4 is 27.4 Å². The first-order chi connectivity index (χ1) is 8.76. The molecule has 0 aliphatic carbocycles. The molecule has 6 heteroatoms. The Bertz CT molecular complexity index is 556. The standard InChI is InChI=1S/C12H16N4OS/c1-17-8-2-4-16(6-8)7-10-14-11(13)9-3-5-18-12(9)15-10/h3,5,8H,2,4,6-7H2,1H3,(H2,13,14,15). The van der Waals surface area contributed by atoms with Gasteiger partial charge in [-0.15, -0.1) is 11.3 Å². The van der Waals surface area contributed by atoms with Gasteiger partial charge in [-0.3, -0.25) is 4.90 Å². The van der Waals surface area contributed by atoms with Gasteiger partial charge in [0.15, 0.2) is 0 Å². The molecule has 3 heterocycles. The third-order valence-electron chi connectivity index (χ3n) is 3.33. The Hall–Kier alpha value is -1.24. The molecule has 1 aliphatic heterocycles. The van der Waals surface area contributed by atoms with Gasteiger partial charge in [-0.1, -0.05) is 0 Å². The third kappa shape index (κ3) is 2.19. The van der Waals surface area contributed by atoms with Crippen molar-refractivity contribution in [2.75, 3.05) is 25.9 Å². The summed E-state index contributed by atoms with van der Waals surface area (Å²) < 4.78 is 5.36. The quantitative estimate of drug-likeness (QED) is 0.910. The smallest absolute Gasteiger partial charge is 0.146 e. The Morgan fingerprint density at radius 1 is 1.56 bits per heavy atom. The molecule has 2 N–H and O–H groups in total. The van der Waals surface area contributed by atoms with Gasteiger partial charge in [0.05, 0.1) is 18.0 Å². The van der Waals surface area contributed by atoms with Crippen LogP contribution in [0.2, 0.25) is 0 Å². The maximum absolute atomic E-state index is 5.94. The van der Waals surface area contributed by atoms with Crippen molar-refractivity contribution in [1.82, 2.24) is 14.9 Å². The number of nitrogens with two attached hydrogens (primary N) is 1. The zero-order valence-electron chi connectivity index (χ0n) is 10.3. The summed E-state index contributed by atoms with van der Waals surface area (Å²) in [5.74, 6) is 1.39. The fourth-order valence-electron chi connectivity index (χ4n) is 2.33. The fraction of sp³-hybridized carbons (Fsp3) is 0.500. The van der Waals surface area contributed by atoms with E-state index in [0.29, 0.717) is 11.9 Å². The molecule has 0 radical (unpaired) electrons. The number of rotatable bonds is 3. The molecule has 5 nitrogen and oxygen atoms in total. The van der Waals surface area contributed by atoms with Gasteiger partial charge in [0.2, 0.25) is 0 Å². The highest BCUT2D eigenvalue weighted by atomic mass is 32.1. The number of fused-ring (bicyclic) bond motifs is 1. The van der Waals surface area contributed by atoms with Gasteiger partial charge in [-0.05, 0) is 17.9 Å². The molecule has 0 saturated carbocycles. The van der Waals surface area contributed by atoms with Crippen molar-refractivity contribution < 1.29 is 4.74 Å². The van der Waals surface area contributed by atoms with E-state index in [0.717, 1.165) is 42.1 Å². The van der Waals surface area contributed by atoms with Gasteiger partial charge in [0, 0.05) is 20.2 Å². The van der Waals surface area contributed by atoms with Gasteiger partial charge < -0.3 is 10.5 Å². The average molecular weight is 264 g/mol. The van der Waals surface area contributed by atoms with E-state index in [1.54, 1.807) is 18.4 Å². The van der Waals surface area contributed by atoms with E-state index in [2.05, 4.69) is 14.9 Å². The number of nitrogen functional groups attached to an aromatic ring is 1. The summed E-state index contributed by atoms with van der Waals surface area (Å²) in [6.45, 7) is 2.73. The maximum atomic E-state index is 5.94. The van der Waals surface area contributed by atoms with Crippen LogP contribution in [0.5, 0.6) is 0 Å². The molecule has 2 aromatic heterocycles. The van der Waals surface area contributed by atoms with E-state index in [4.69, 9.17) is 10.5 Å². The summed E-state index contributed by atoms with van der Waals surface area (Å²) in [5, 5.41) is 2.95. The Morgan fingerprint density at radius 2 is 2.44 bits per heavy atom. The number of methoxy groups -OCH3 is 1. The number of likely N-dealkylation sites (tertiary alicyclic amines) is 1. The molecular weight excluding hydrogens is 248 g/mol. The normalized spacial score (nSPS) is 20.8. The summed E-state index contributed by atoms with van der Waals surface area (Å²) in [4.78, 5) is 12.2. The maximum Gasteiger partial charge on any atom is 0.146 e. The van der Waals surface area contributed by atoms with Crippen molar-refractivity contribution in [2.24, 2.45) is 0 Å². The number of nitrogens with zero attached hydrogens (tertiary/aromatic N) is 3. The van der Waals surface area contributed by atoms with E-state index in [9.17, 15) is 0 Å². The van der Waals surface area contributed by atoms with Crippen LogP contribution in [0, 0.1) is 0 Å². The second kappa shape index (κ2) is 4.79. The number of aromatic nitrogens is 2. The molecule has 3 rings (SSSR count). The van der Waals surface area contributed by atoms with E-state index < -0.39 is 0 Å². The van der Waals surface area contributed by atoms with Crippen molar-refractivity contribution in [3.05, 3.63) is 17.3 Å². The van der Waals surface area contributed by atoms with Crippen LogP contribution in [0.3, 0.4) is 0 Å². The van der Waals surface area contributed by atoms with E-state index >= 15 is 0 Å². The lowest BCUT2D eigenvalue weighted by Crippen LogP contribution is -2.23. The Kier molecular flexibility index (Phi) is 3.15. The van der Waals surface area contributed by atoms with E-state index in [1.165, 1.54) is 0 Å². The van der Waals surface area contributed by atoms with E-state index in [-0.39, 0.29) is 0 Å². The summed E-state index contributed by atoms with van der Waals surface area (Å²) >= 11 is 1.60. The molecule has 1 atom stereocenters. The SMILES string of the molecule is COC1CCN(Cc2nc(N)c3ccsc3n2)C1. The molecule has 2 aromatic rings. The molecule has 18 heavy (non-hydrogen) atoms. The average Bonchev–Trinajstić information content (AvgIpc) is 2.97. The zero-order chi connectivity index (χ0) is 12.5. The first-order valence-corrected chi connectivity index (χ1v) is 6.89. The van der Waals surface area contributed by atoms with Gasteiger partial charge in [0.25, 0.3) is 0 Å². The van der Waals surface area contributed by atoms with Crippen LogP contribution in [0.1, 0.15) is 12.2 Å². The van der Waals surface area contributed by atoms with Gasteiger partial charge in [-0.2, -0.15) is 0 Å². The summed E-state index contributed by atoms with van der Waals surface area (Å²) in [5.41, 5.74) is 5.94. The van der Waals surface area contributed by atoms with Crippen molar-refractivity contribution in [3.63, 3.8) is 0 Å². The Balaban J connectivity index is 1.78. The van der Waals surface area contributed by atoms with Gasteiger partial charge in [-0.25, -0.2) is 9.97 Å². The monoisotopic (exact) mass is 264 g/mol. The molecule has 0 amide bonds. The number of hydrogen-bond donors (Lipinski definition) is 1. The summed E-state index contributed by atoms with van der Waals surface area (Å²) in [6.07, 6.45) is 1.42. The lowest BCUT2D eigenvalue weighted by molar-refractivity contribution is 0.107. The fourth-order valence-corrected chi connectivity index (χ4v) is 3.12. The molecule has 0 spiro atoms. The van der Waals surface area contributed by atoms with Crippen LogP contribution in [0.4, 0.5) is 5.82 Å². The van der Waals surface area contributed by atoms with Crippen LogP contribution < -0.4 is 5.73 Å². The number of hydrogen-bond acceptors (Lipinski definition) is 6. The second-order valence-corrected chi connectivity index (χ2v) is 5.44. The predicted molar refractivity (Wildman–Crippen MR) is 72.5 cm³/mol. The Labute approximate surface area is 110 Å². The summed E-state index contributed by atoms with van der Waals surface area (Å²) in [6, 6.07) is 1.97. The van der Waals surface area contributed by atoms with Crippen molar-refractivity contribution in [2.45, 2.75) is 19.1 Å². The highest BCUT2D eigenvalue weighted by molar-refractivity contribution is 7.16. The van der Waals surface area contributed by atoms with Crippen molar-refractivity contribution in [3.8, 4) is 0 Å². The summed E-state index contributed by atoms with van der Waals surface area (Å²) in [7, 11) is 1.76. The molecule has 96 valence electrons. The van der Waals surface area contributed by atoms with Gasteiger partial charge >= 0.3 is 0 Å². The van der Waals surface area contributed by atoms with Crippen LogP contribution >= 0.6 is 11.3 Å². The van der Waals surface area contributed by atoms with Gasteiger partial charge in [0.1, 0.15) is 16.5 Å². The first kappa shape index (κ1) is 11.8. The van der Waals surface area contributed by atoms with Crippen LogP contribution in [-0.2, 0) is 11.3 Å². The van der Waals surface area contributed by atoms with Crippen LogP contribution in [0.25, 0.3) is 10.2 Å². The minimum atomic E-state index is 0.341. The molecule has 1 aliphatic rings. The molecule has 1 fully saturated rings. The van der Waals surface area contributed by atoms with Crippen molar-refractivity contribution in [1.29, 1.82) is 0 Å². The Morgan fingerprint density at radius 3 is 3.22 bits per heavy atom.